The van der Waals surface area contributed by atoms with Crippen LogP contribution >= 0.6 is 15.9 Å². The molecule has 3 rings (SSSR count). The molecule has 1 aliphatic rings. The molecule has 24 heavy (non-hydrogen) atoms. The van der Waals surface area contributed by atoms with Gasteiger partial charge < -0.3 is 15.0 Å². The monoisotopic (exact) mass is 388 g/mol. The molecule has 0 unspecified atom stereocenters. The second kappa shape index (κ2) is 7.05. The Kier molecular flexibility index (Phi) is 4.85. The van der Waals surface area contributed by atoms with Crippen molar-refractivity contribution in [1.82, 2.24) is 0 Å². The normalized spacial score (nSPS) is 16.3. The molecule has 0 aromatic heterocycles. The van der Waals surface area contributed by atoms with Crippen LogP contribution in [-0.4, -0.2) is 24.5 Å². The zero-order valence-electron chi connectivity index (χ0n) is 13.2. The van der Waals surface area contributed by atoms with Crippen molar-refractivity contribution in [1.29, 1.82) is 0 Å². The quantitative estimate of drug-likeness (QED) is 0.870. The Morgan fingerprint density at radius 1 is 1.21 bits per heavy atom. The van der Waals surface area contributed by atoms with Crippen molar-refractivity contribution >= 4 is 39.1 Å². The van der Waals surface area contributed by atoms with E-state index in [0.29, 0.717) is 18.0 Å². The van der Waals surface area contributed by atoms with Crippen LogP contribution in [0.15, 0.2) is 53.0 Å². The van der Waals surface area contributed by atoms with Gasteiger partial charge in [0.25, 0.3) is 5.91 Å². The second-order valence-electron chi connectivity index (χ2n) is 5.52. The first kappa shape index (κ1) is 16.5. The molecular formula is C18H17BrN2O3. The highest BCUT2D eigenvalue weighted by molar-refractivity contribution is 9.10. The predicted molar refractivity (Wildman–Crippen MR) is 96.3 cm³/mol. The average molecular weight is 389 g/mol. The van der Waals surface area contributed by atoms with Crippen LogP contribution in [0.1, 0.15) is 13.3 Å². The molecule has 0 bridgehead atoms. The highest BCUT2D eigenvalue weighted by atomic mass is 79.9. The molecule has 0 saturated carbocycles. The van der Waals surface area contributed by atoms with Gasteiger partial charge in [-0.1, -0.05) is 28.1 Å². The van der Waals surface area contributed by atoms with Crippen LogP contribution in [0.25, 0.3) is 0 Å². The Labute approximate surface area is 148 Å². The van der Waals surface area contributed by atoms with E-state index in [-0.39, 0.29) is 18.2 Å². The van der Waals surface area contributed by atoms with Crippen molar-refractivity contribution in [2.45, 2.75) is 19.4 Å². The zero-order chi connectivity index (χ0) is 17.1. The molecule has 1 atom stereocenters. The SMILES string of the molecule is C[C@H]1Oc2ccccc2N(CCC(=O)Nc2ccc(Br)cc2)C1=O. The third-order valence-corrected chi connectivity index (χ3v) is 4.29. The minimum atomic E-state index is -0.547. The van der Waals surface area contributed by atoms with E-state index in [9.17, 15) is 9.59 Å². The van der Waals surface area contributed by atoms with E-state index in [0.717, 1.165) is 10.2 Å². The Morgan fingerprint density at radius 3 is 2.67 bits per heavy atom. The molecule has 2 aromatic carbocycles. The summed E-state index contributed by atoms with van der Waals surface area (Å²) in [6, 6.07) is 14.7. The number of carbonyl (C=O) groups is 2. The van der Waals surface area contributed by atoms with Crippen molar-refractivity contribution < 1.29 is 14.3 Å². The Bertz CT molecular complexity index is 761. The Hall–Kier alpha value is -2.34. The van der Waals surface area contributed by atoms with Crippen molar-refractivity contribution in [3.8, 4) is 5.75 Å². The van der Waals surface area contributed by atoms with E-state index < -0.39 is 6.10 Å². The lowest BCUT2D eigenvalue weighted by atomic mass is 10.1. The van der Waals surface area contributed by atoms with Crippen LogP contribution in [0.3, 0.4) is 0 Å². The van der Waals surface area contributed by atoms with Gasteiger partial charge in [-0.05, 0) is 43.3 Å². The number of fused-ring (bicyclic) bond motifs is 1. The van der Waals surface area contributed by atoms with E-state index in [4.69, 9.17) is 4.74 Å². The van der Waals surface area contributed by atoms with E-state index in [2.05, 4.69) is 21.2 Å². The third-order valence-electron chi connectivity index (χ3n) is 3.76. The third kappa shape index (κ3) is 3.59. The molecule has 0 radical (unpaired) electrons. The highest BCUT2D eigenvalue weighted by Gasteiger charge is 2.31. The molecule has 5 nitrogen and oxygen atoms in total. The Balaban J connectivity index is 1.66. The summed E-state index contributed by atoms with van der Waals surface area (Å²) < 4.78 is 6.54. The predicted octanol–water partition coefficient (Wildman–Crippen LogP) is 3.59. The maximum absolute atomic E-state index is 12.4. The number of ether oxygens (including phenoxy) is 1. The molecule has 0 spiro atoms. The summed E-state index contributed by atoms with van der Waals surface area (Å²) in [5.41, 5.74) is 1.43. The fourth-order valence-electron chi connectivity index (χ4n) is 2.56. The molecule has 124 valence electrons. The first-order chi connectivity index (χ1) is 11.5. The molecule has 1 heterocycles. The van der Waals surface area contributed by atoms with E-state index in [1.807, 2.05) is 48.5 Å². The lowest BCUT2D eigenvalue weighted by molar-refractivity contribution is -0.125. The van der Waals surface area contributed by atoms with Gasteiger partial charge in [-0.15, -0.1) is 0 Å². The number of hydrogen-bond acceptors (Lipinski definition) is 3. The highest BCUT2D eigenvalue weighted by Crippen LogP contribution is 2.33. The van der Waals surface area contributed by atoms with Gasteiger partial charge in [0, 0.05) is 23.1 Å². The molecule has 2 amide bonds. The van der Waals surface area contributed by atoms with Crippen molar-refractivity contribution in [2.24, 2.45) is 0 Å². The van der Waals surface area contributed by atoms with Crippen LogP contribution in [0.4, 0.5) is 11.4 Å². The molecule has 0 saturated heterocycles. The van der Waals surface area contributed by atoms with Crippen LogP contribution in [0.2, 0.25) is 0 Å². The lowest BCUT2D eigenvalue weighted by Crippen LogP contribution is -2.45. The molecule has 0 fully saturated rings. The number of para-hydroxylation sites is 2. The fraction of sp³-hybridized carbons (Fsp3) is 0.222. The second-order valence-corrected chi connectivity index (χ2v) is 6.44. The summed E-state index contributed by atoms with van der Waals surface area (Å²) in [4.78, 5) is 26.1. The Morgan fingerprint density at radius 2 is 1.92 bits per heavy atom. The van der Waals surface area contributed by atoms with Crippen LogP contribution in [0.5, 0.6) is 5.75 Å². The zero-order valence-corrected chi connectivity index (χ0v) is 14.7. The minimum absolute atomic E-state index is 0.134. The fourth-order valence-corrected chi connectivity index (χ4v) is 2.82. The van der Waals surface area contributed by atoms with Gasteiger partial charge in [0.05, 0.1) is 5.69 Å². The number of hydrogen-bond donors (Lipinski definition) is 1. The summed E-state index contributed by atoms with van der Waals surface area (Å²) in [5.74, 6) is 0.393. The van der Waals surface area contributed by atoms with E-state index >= 15 is 0 Å². The summed E-state index contributed by atoms with van der Waals surface area (Å²) in [7, 11) is 0. The number of carbonyl (C=O) groups excluding carboxylic acids is 2. The van der Waals surface area contributed by atoms with E-state index in [1.54, 1.807) is 11.8 Å². The summed E-state index contributed by atoms with van der Waals surface area (Å²) in [6.07, 6.45) is -0.336. The summed E-state index contributed by atoms with van der Waals surface area (Å²) in [6.45, 7) is 2.03. The summed E-state index contributed by atoms with van der Waals surface area (Å²) in [5, 5.41) is 2.83. The first-order valence-electron chi connectivity index (χ1n) is 7.67. The molecule has 2 aromatic rings. The van der Waals surface area contributed by atoms with Gasteiger partial charge in [0.15, 0.2) is 6.10 Å². The molecule has 1 N–H and O–H groups in total. The van der Waals surface area contributed by atoms with Crippen molar-refractivity contribution in [3.63, 3.8) is 0 Å². The van der Waals surface area contributed by atoms with Gasteiger partial charge in [-0.25, -0.2) is 0 Å². The minimum Gasteiger partial charge on any atom is -0.479 e. The average Bonchev–Trinajstić information content (AvgIpc) is 2.57. The van der Waals surface area contributed by atoms with Crippen LogP contribution in [0, 0.1) is 0 Å². The largest absolute Gasteiger partial charge is 0.479 e. The number of anilines is 2. The number of amides is 2. The number of nitrogens with zero attached hydrogens (tertiary/aromatic N) is 1. The molecular weight excluding hydrogens is 372 g/mol. The van der Waals surface area contributed by atoms with Crippen LogP contribution in [-0.2, 0) is 9.59 Å². The number of halogens is 1. The first-order valence-corrected chi connectivity index (χ1v) is 8.46. The maximum Gasteiger partial charge on any atom is 0.267 e. The van der Waals surface area contributed by atoms with Gasteiger partial charge in [-0.3, -0.25) is 9.59 Å². The lowest BCUT2D eigenvalue weighted by Gasteiger charge is -2.32. The topological polar surface area (TPSA) is 58.6 Å². The van der Waals surface area contributed by atoms with Gasteiger partial charge in [0.2, 0.25) is 5.91 Å². The number of nitrogens with one attached hydrogen (secondary N) is 1. The van der Waals surface area contributed by atoms with Gasteiger partial charge >= 0.3 is 0 Å². The van der Waals surface area contributed by atoms with Crippen molar-refractivity contribution in [3.05, 3.63) is 53.0 Å². The smallest absolute Gasteiger partial charge is 0.267 e. The number of rotatable bonds is 4. The standard InChI is InChI=1S/C18H17BrN2O3/c1-12-18(23)21(15-4-2-3-5-16(15)24-12)11-10-17(22)20-14-8-6-13(19)7-9-14/h2-9,12H,10-11H2,1H3,(H,20,22)/t12-/m1/s1. The molecule has 0 aliphatic carbocycles. The van der Waals surface area contributed by atoms with Gasteiger partial charge in [-0.2, -0.15) is 0 Å². The van der Waals surface area contributed by atoms with Crippen LogP contribution < -0.4 is 15.0 Å². The van der Waals surface area contributed by atoms with E-state index in [1.165, 1.54) is 0 Å². The maximum atomic E-state index is 12.4. The van der Waals surface area contributed by atoms with Crippen molar-refractivity contribution in [2.75, 3.05) is 16.8 Å². The van der Waals surface area contributed by atoms with Gasteiger partial charge in [0.1, 0.15) is 5.75 Å². The molecule has 6 heteroatoms. The molecule has 1 aliphatic heterocycles. The summed E-state index contributed by atoms with van der Waals surface area (Å²) >= 11 is 3.35. The number of benzene rings is 2.